The molecule has 1 saturated heterocycles. The molecule has 1 aliphatic carbocycles. The third-order valence-corrected chi connectivity index (χ3v) is 5.85. The van der Waals surface area contributed by atoms with Crippen molar-refractivity contribution in [3.63, 3.8) is 0 Å². The Morgan fingerprint density at radius 2 is 1.92 bits per heavy atom. The molecule has 1 aliphatic heterocycles. The smallest absolute Gasteiger partial charge is 0.193 e. The third-order valence-electron chi connectivity index (χ3n) is 5.85. The van der Waals surface area contributed by atoms with Gasteiger partial charge in [0.05, 0.1) is 6.54 Å². The van der Waals surface area contributed by atoms with Gasteiger partial charge >= 0.3 is 0 Å². The molecule has 2 aliphatic rings. The van der Waals surface area contributed by atoms with Crippen molar-refractivity contribution in [2.24, 2.45) is 4.99 Å². The molecule has 148 valence electrons. The predicted octanol–water partition coefficient (Wildman–Crippen LogP) is 3.49. The summed E-state index contributed by atoms with van der Waals surface area (Å²) in [5, 5.41) is 7.67. The van der Waals surface area contributed by atoms with Crippen LogP contribution in [0.25, 0.3) is 0 Å². The first-order valence-corrected chi connectivity index (χ1v) is 9.80. The van der Waals surface area contributed by atoms with Crippen molar-refractivity contribution in [2.45, 2.75) is 63.5 Å². The molecule has 0 amide bonds. The van der Waals surface area contributed by atoms with E-state index in [4.69, 9.17) is 4.52 Å². The molecule has 0 atom stereocenters. The summed E-state index contributed by atoms with van der Waals surface area (Å²) in [6.07, 6.45) is 12.4. The number of nitrogens with one attached hydrogen (secondary N) is 1. The van der Waals surface area contributed by atoms with Crippen molar-refractivity contribution in [2.75, 3.05) is 33.7 Å². The van der Waals surface area contributed by atoms with E-state index in [1.165, 1.54) is 64.5 Å². The van der Waals surface area contributed by atoms with Crippen LogP contribution in [0.3, 0.4) is 0 Å². The summed E-state index contributed by atoms with van der Waals surface area (Å²) in [5.41, 5.74) is 1.23. The van der Waals surface area contributed by atoms with Crippen molar-refractivity contribution in [1.82, 2.24) is 20.3 Å². The van der Waals surface area contributed by atoms with E-state index in [1.807, 2.05) is 13.1 Å². The lowest BCUT2D eigenvalue weighted by Crippen LogP contribution is -2.59. The van der Waals surface area contributed by atoms with Gasteiger partial charge in [0.25, 0.3) is 0 Å². The van der Waals surface area contributed by atoms with Crippen LogP contribution in [-0.2, 0) is 6.54 Å². The molecule has 0 unspecified atom stereocenters. The quantitative estimate of drug-likeness (QED) is 0.402. The van der Waals surface area contributed by atoms with E-state index in [2.05, 4.69) is 32.3 Å². The van der Waals surface area contributed by atoms with Gasteiger partial charge in [-0.3, -0.25) is 9.89 Å². The van der Waals surface area contributed by atoms with E-state index >= 15 is 0 Å². The van der Waals surface area contributed by atoms with Gasteiger partial charge in [-0.15, -0.1) is 24.0 Å². The number of aliphatic imine (C=N–C) groups is 1. The maximum Gasteiger partial charge on any atom is 0.193 e. The van der Waals surface area contributed by atoms with Gasteiger partial charge in [0.1, 0.15) is 12.0 Å². The SMILES string of the molecule is CN=C(NCC1(N2CCCCC2)CCCCC1)N(C)Cc1ccon1.I. The second-order valence-corrected chi connectivity index (χ2v) is 7.58. The standard InChI is InChI=1S/C19H33N5O.HI/c1-20-18(23(2)15-17-9-14-25-22-17)21-16-19(10-5-3-6-11-19)24-12-7-4-8-13-24;/h9,14H,3-8,10-13,15-16H2,1-2H3,(H,20,21);1H. The molecule has 26 heavy (non-hydrogen) atoms. The largest absolute Gasteiger partial charge is 0.364 e. The Balaban J connectivity index is 0.00000243. The topological polar surface area (TPSA) is 56.9 Å². The molecule has 0 spiro atoms. The van der Waals surface area contributed by atoms with Crippen molar-refractivity contribution < 1.29 is 4.52 Å². The molecule has 0 aromatic carbocycles. The molecule has 1 aromatic heterocycles. The van der Waals surface area contributed by atoms with Gasteiger partial charge in [-0.25, -0.2) is 0 Å². The Morgan fingerprint density at radius 1 is 1.23 bits per heavy atom. The molecule has 0 radical (unpaired) electrons. The van der Waals surface area contributed by atoms with Gasteiger partial charge in [-0.2, -0.15) is 0 Å². The first-order valence-electron chi connectivity index (χ1n) is 9.80. The normalized spacial score (nSPS) is 21.1. The van der Waals surface area contributed by atoms with Crippen LogP contribution in [0.2, 0.25) is 0 Å². The lowest BCUT2D eigenvalue weighted by molar-refractivity contribution is 0.0364. The summed E-state index contributed by atoms with van der Waals surface area (Å²) in [7, 11) is 3.91. The number of guanidine groups is 1. The van der Waals surface area contributed by atoms with Crippen LogP contribution in [0, 0.1) is 0 Å². The minimum absolute atomic E-state index is 0. The number of hydrogen-bond donors (Lipinski definition) is 1. The fraction of sp³-hybridized carbons (Fsp3) is 0.789. The van der Waals surface area contributed by atoms with E-state index in [-0.39, 0.29) is 24.0 Å². The summed E-state index contributed by atoms with van der Waals surface area (Å²) >= 11 is 0. The number of hydrogen-bond acceptors (Lipinski definition) is 4. The predicted molar refractivity (Wildman–Crippen MR) is 116 cm³/mol. The molecule has 3 rings (SSSR count). The molecule has 7 heteroatoms. The maximum atomic E-state index is 4.94. The maximum absolute atomic E-state index is 4.94. The molecule has 0 bridgehead atoms. The molecule has 1 saturated carbocycles. The lowest BCUT2D eigenvalue weighted by Gasteiger charge is -2.48. The first-order chi connectivity index (χ1) is 12.2. The Labute approximate surface area is 174 Å². The summed E-state index contributed by atoms with van der Waals surface area (Å²) in [6.45, 7) is 4.21. The number of aromatic nitrogens is 1. The molecule has 1 N–H and O–H groups in total. The Morgan fingerprint density at radius 3 is 2.54 bits per heavy atom. The second kappa shape index (κ2) is 10.5. The summed E-state index contributed by atoms with van der Waals surface area (Å²) in [5.74, 6) is 0.935. The number of likely N-dealkylation sites (tertiary alicyclic amines) is 1. The monoisotopic (exact) mass is 475 g/mol. The van der Waals surface area contributed by atoms with Crippen LogP contribution < -0.4 is 5.32 Å². The average Bonchev–Trinajstić information content (AvgIpc) is 3.17. The number of nitrogens with zero attached hydrogens (tertiary/aromatic N) is 4. The summed E-state index contributed by atoms with van der Waals surface area (Å²) in [4.78, 5) is 9.37. The van der Waals surface area contributed by atoms with Gasteiger partial charge in [0.2, 0.25) is 0 Å². The molecular formula is C19H34IN5O. The Bertz CT molecular complexity index is 536. The van der Waals surface area contributed by atoms with Crippen molar-refractivity contribution in [3.05, 3.63) is 18.0 Å². The van der Waals surface area contributed by atoms with E-state index in [1.54, 1.807) is 6.26 Å². The highest BCUT2D eigenvalue weighted by Gasteiger charge is 2.38. The molecule has 6 nitrogen and oxygen atoms in total. The zero-order chi connectivity index (χ0) is 17.5. The summed E-state index contributed by atoms with van der Waals surface area (Å²) in [6, 6.07) is 1.90. The summed E-state index contributed by atoms with van der Waals surface area (Å²) < 4.78 is 4.94. The van der Waals surface area contributed by atoms with Crippen LogP contribution in [-0.4, -0.2) is 60.2 Å². The van der Waals surface area contributed by atoms with Crippen LogP contribution in [0.15, 0.2) is 21.8 Å². The molecule has 1 aromatic rings. The van der Waals surface area contributed by atoms with Crippen LogP contribution >= 0.6 is 24.0 Å². The van der Waals surface area contributed by atoms with Gasteiger partial charge in [0.15, 0.2) is 5.96 Å². The van der Waals surface area contributed by atoms with E-state index in [9.17, 15) is 0 Å². The second-order valence-electron chi connectivity index (χ2n) is 7.58. The minimum Gasteiger partial charge on any atom is -0.364 e. The van der Waals surface area contributed by atoms with Crippen LogP contribution in [0.1, 0.15) is 57.1 Å². The highest BCUT2D eigenvalue weighted by molar-refractivity contribution is 14.0. The van der Waals surface area contributed by atoms with Gasteiger partial charge in [-0.1, -0.05) is 30.8 Å². The van der Waals surface area contributed by atoms with E-state index in [0.717, 1.165) is 18.2 Å². The van der Waals surface area contributed by atoms with Gasteiger partial charge in [-0.05, 0) is 38.8 Å². The minimum atomic E-state index is 0. The number of halogens is 1. The highest BCUT2D eigenvalue weighted by atomic mass is 127. The molecular weight excluding hydrogens is 441 g/mol. The Kier molecular flexibility index (Phi) is 8.66. The van der Waals surface area contributed by atoms with Crippen molar-refractivity contribution in [3.8, 4) is 0 Å². The Hall–Kier alpha value is -0.830. The fourth-order valence-electron chi connectivity index (χ4n) is 4.45. The number of rotatable bonds is 5. The third kappa shape index (κ3) is 5.34. The fourth-order valence-corrected chi connectivity index (χ4v) is 4.45. The average molecular weight is 475 g/mol. The zero-order valence-electron chi connectivity index (χ0n) is 16.2. The van der Waals surface area contributed by atoms with Gasteiger partial charge < -0.3 is 14.7 Å². The van der Waals surface area contributed by atoms with Crippen LogP contribution in [0.4, 0.5) is 0 Å². The van der Waals surface area contributed by atoms with Crippen molar-refractivity contribution in [1.29, 1.82) is 0 Å². The van der Waals surface area contributed by atoms with Crippen molar-refractivity contribution >= 4 is 29.9 Å². The lowest BCUT2D eigenvalue weighted by atomic mass is 9.79. The van der Waals surface area contributed by atoms with E-state index in [0.29, 0.717) is 12.1 Å². The van der Waals surface area contributed by atoms with Gasteiger partial charge in [0, 0.05) is 32.2 Å². The molecule has 2 heterocycles. The van der Waals surface area contributed by atoms with Crippen LogP contribution in [0.5, 0.6) is 0 Å². The number of piperidine rings is 1. The highest BCUT2D eigenvalue weighted by Crippen LogP contribution is 2.35. The first kappa shape index (κ1) is 21.5. The molecule has 2 fully saturated rings. The van der Waals surface area contributed by atoms with E-state index < -0.39 is 0 Å². The zero-order valence-corrected chi connectivity index (χ0v) is 18.6.